The number of carbonyl (C=O) groups is 3. The van der Waals surface area contributed by atoms with Crippen LogP contribution in [0.4, 0.5) is 10.5 Å². The predicted octanol–water partition coefficient (Wildman–Crippen LogP) is 5.99. The highest BCUT2D eigenvalue weighted by Crippen LogP contribution is 2.45. The molecule has 210 valence electrons. The SMILES string of the molecule is CC(=O)[N+]1(C(=O)NCCN(CC(C)(C)C)C2(Cc3cccc(Cl)c3)C(=O)Nc3cc(Cl)ccc32)CCCCC1. The van der Waals surface area contributed by atoms with Gasteiger partial charge in [-0.2, -0.15) is 4.48 Å². The first kappa shape index (κ1) is 29.5. The first-order valence-electron chi connectivity index (χ1n) is 13.6. The number of nitrogens with one attached hydrogen (secondary N) is 2. The van der Waals surface area contributed by atoms with Crippen molar-refractivity contribution >= 4 is 46.7 Å². The molecule has 1 fully saturated rings. The maximum atomic E-state index is 14.0. The maximum absolute atomic E-state index is 14.0. The number of halogens is 2. The summed E-state index contributed by atoms with van der Waals surface area (Å²) in [6.07, 6.45) is 3.13. The van der Waals surface area contributed by atoms with E-state index >= 15 is 0 Å². The maximum Gasteiger partial charge on any atom is 0.424 e. The molecule has 2 aliphatic heterocycles. The number of urea groups is 1. The lowest BCUT2D eigenvalue weighted by Gasteiger charge is -2.43. The van der Waals surface area contributed by atoms with Crippen LogP contribution in [0, 0.1) is 5.41 Å². The molecule has 0 aromatic heterocycles. The fourth-order valence-corrected chi connectivity index (χ4v) is 6.40. The zero-order valence-electron chi connectivity index (χ0n) is 23.3. The number of hydrogen-bond acceptors (Lipinski definition) is 4. The van der Waals surface area contributed by atoms with E-state index in [1.807, 2.05) is 36.4 Å². The van der Waals surface area contributed by atoms with E-state index in [9.17, 15) is 14.4 Å². The Bertz CT molecular complexity index is 1250. The van der Waals surface area contributed by atoms with Crippen LogP contribution in [0.5, 0.6) is 0 Å². The Labute approximate surface area is 241 Å². The summed E-state index contributed by atoms with van der Waals surface area (Å²) in [5.74, 6) is -0.268. The Hall–Kier alpha value is -2.45. The molecule has 0 saturated carbocycles. The van der Waals surface area contributed by atoms with Gasteiger partial charge in [0, 0.05) is 47.4 Å². The third kappa shape index (κ3) is 6.17. The van der Waals surface area contributed by atoms with Crippen molar-refractivity contribution in [3.63, 3.8) is 0 Å². The van der Waals surface area contributed by atoms with Gasteiger partial charge in [-0.05, 0) is 54.5 Å². The van der Waals surface area contributed by atoms with E-state index in [4.69, 9.17) is 23.2 Å². The molecule has 4 rings (SSSR count). The number of amides is 4. The molecular formula is C30H39Cl2N4O3+. The van der Waals surface area contributed by atoms with Crippen molar-refractivity contribution in [2.24, 2.45) is 5.41 Å². The molecule has 9 heteroatoms. The van der Waals surface area contributed by atoms with E-state index in [0.717, 1.165) is 30.4 Å². The third-order valence-corrected chi connectivity index (χ3v) is 8.30. The quantitative estimate of drug-likeness (QED) is 0.399. The molecule has 2 aromatic carbocycles. The number of benzene rings is 2. The van der Waals surface area contributed by atoms with Crippen molar-refractivity contribution in [3.8, 4) is 0 Å². The minimum atomic E-state index is -1.04. The Morgan fingerprint density at radius 1 is 1.05 bits per heavy atom. The van der Waals surface area contributed by atoms with Gasteiger partial charge in [0.15, 0.2) is 0 Å². The van der Waals surface area contributed by atoms with Crippen LogP contribution in [0.1, 0.15) is 58.1 Å². The standard InChI is InChI=1S/C30H38Cl2N4O3/c1-21(37)36(15-6-5-7-16-36)28(39)33-13-14-35(20-29(2,3)4)30(19-22-9-8-10-23(31)17-22)25-12-11-24(32)18-26(25)34-27(30)38/h8-12,17-18H,5-7,13-16,19-20H2,1-4H3,(H-,33,34,38,39)/p+1. The number of rotatable bonds is 7. The molecule has 1 saturated heterocycles. The van der Waals surface area contributed by atoms with E-state index in [1.54, 1.807) is 6.07 Å². The zero-order chi connectivity index (χ0) is 28.4. The van der Waals surface area contributed by atoms with Gasteiger partial charge in [0.2, 0.25) is 5.91 Å². The number of nitrogens with zero attached hydrogens (tertiary/aromatic N) is 2. The molecule has 1 unspecified atom stereocenters. The van der Waals surface area contributed by atoms with Crippen LogP contribution in [0.15, 0.2) is 42.5 Å². The number of hydrogen-bond donors (Lipinski definition) is 2. The average Bonchev–Trinajstić information content (AvgIpc) is 3.13. The predicted molar refractivity (Wildman–Crippen MR) is 156 cm³/mol. The largest absolute Gasteiger partial charge is 0.424 e. The number of carbonyl (C=O) groups excluding carboxylic acids is 3. The van der Waals surface area contributed by atoms with Gasteiger partial charge in [0.05, 0.1) is 20.0 Å². The molecule has 0 spiro atoms. The van der Waals surface area contributed by atoms with E-state index in [0.29, 0.717) is 54.9 Å². The average molecular weight is 575 g/mol. The number of fused-ring (bicyclic) bond motifs is 1. The van der Waals surface area contributed by atoms with Crippen molar-refractivity contribution in [1.82, 2.24) is 10.2 Å². The molecule has 4 amide bonds. The molecule has 0 aliphatic carbocycles. The fourth-order valence-electron chi connectivity index (χ4n) is 6.01. The molecule has 2 N–H and O–H groups in total. The first-order valence-corrected chi connectivity index (χ1v) is 14.4. The molecule has 2 heterocycles. The van der Waals surface area contributed by atoms with E-state index < -0.39 is 5.54 Å². The van der Waals surface area contributed by atoms with E-state index in [2.05, 4.69) is 36.3 Å². The monoisotopic (exact) mass is 573 g/mol. The van der Waals surface area contributed by atoms with Crippen molar-refractivity contribution in [3.05, 3.63) is 63.6 Å². The van der Waals surface area contributed by atoms with Gasteiger partial charge in [0.25, 0.3) is 0 Å². The molecule has 1 atom stereocenters. The summed E-state index contributed by atoms with van der Waals surface area (Å²) in [5.41, 5.74) is 1.27. The number of imide groups is 1. The molecule has 7 nitrogen and oxygen atoms in total. The van der Waals surface area contributed by atoms with Gasteiger partial charge < -0.3 is 10.6 Å². The molecule has 39 heavy (non-hydrogen) atoms. The highest BCUT2D eigenvalue weighted by molar-refractivity contribution is 6.31. The van der Waals surface area contributed by atoms with Gasteiger partial charge in [-0.1, -0.05) is 62.2 Å². The highest BCUT2D eigenvalue weighted by atomic mass is 35.5. The van der Waals surface area contributed by atoms with Crippen molar-refractivity contribution < 1.29 is 18.9 Å². The summed E-state index contributed by atoms with van der Waals surface area (Å²) in [7, 11) is 0. The van der Waals surface area contributed by atoms with Gasteiger partial charge >= 0.3 is 11.9 Å². The number of anilines is 1. The van der Waals surface area contributed by atoms with Gasteiger partial charge in [-0.25, -0.2) is 9.59 Å². The zero-order valence-corrected chi connectivity index (χ0v) is 24.8. The Kier molecular flexibility index (Phi) is 8.76. The second-order valence-corrected chi connectivity index (χ2v) is 12.9. The summed E-state index contributed by atoms with van der Waals surface area (Å²) in [4.78, 5) is 42.1. The van der Waals surface area contributed by atoms with Crippen molar-refractivity contribution in [2.75, 3.05) is 38.0 Å². The Morgan fingerprint density at radius 3 is 2.38 bits per heavy atom. The third-order valence-electron chi connectivity index (χ3n) is 7.83. The lowest BCUT2D eigenvalue weighted by Crippen LogP contribution is -2.63. The lowest BCUT2D eigenvalue weighted by molar-refractivity contribution is -0.779. The van der Waals surface area contributed by atoms with Gasteiger partial charge in [0.1, 0.15) is 5.54 Å². The molecular weight excluding hydrogens is 535 g/mol. The fraction of sp³-hybridized carbons (Fsp3) is 0.500. The topological polar surface area (TPSA) is 78.5 Å². The van der Waals surface area contributed by atoms with E-state index in [-0.39, 0.29) is 27.7 Å². The van der Waals surface area contributed by atoms with Crippen LogP contribution in [-0.2, 0) is 21.5 Å². The van der Waals surface area contributed by atoms with Gasteiger partial charge in [-0.15, -0.1) is 0 Å². The second-order valence-electron chi connectivity index (χ2n) is 12.0. The summed E-state index contributed by atoms with van der Waals surface area (Å²) < 4.78 is -0.158. The lowest BCUT2D eigenvalue weighted by atomic mass is 9.81. The molecule has 2 aliphatic rings. The van der Waals surface area contributed by atoms with Crippen LogP contribution < -0.4 is 10.6 Å². The Balaban J connectivity index is 1.69. The molecule has 0 bridgehead atoms. The van der Waals surface area contributed by atoms with Crippen LogP contribution in [0.3, 0.4) is 0 Å². The number of piperidine rings is 1. The summed E-state index contributed by atoms with van der Waals surface area (Å²) in [6.45, 7) is 10.3. The smallest absolute Gasteiger partial charge is 0.324 e. The van der Waals surface area contributed by atoms with Crippen LogP contribution in [0.2, 0.25) is 10.0 Å². The Morgan fingerprint density at radius 2 is 1.74 bits per heavy atom. The van der Waals surface area contributed by atoms with Crippen molar-refractivity contribution in [2.45, 2.75) is 58.9 Å². The number of likely N-dealkylation sites (tertiary alicyclic amines) is 1. The minimum absolute atomic E-state index is 0.128. The summed E-state index contributed by atoms with van der Waals surface area (Å²) in [5, 5.41) is 7.27. The van der Waals surface area contributed by atoms with Crippen molar-refractivity contribution in [1.29, 1.82) is 0 Å². The van der Waals surface area contributed by atoms with Gasteiger partial charge in [-0.3, -0.25) is 9.69 Å². The van der Waals surface area contributed by atoms with Crippen LogP contribution >= 0.6 is 23.2 Å². The summed E-state index contributed by atoms with van der Waals surface area (Å²) in [6, 6.07) is 12.8. The first-order chi connectivity index (χ1) is 18.4. The number of quaternary nitrogens is 1. The second kappa shape index (κ2) is 11.6. The minimum Gasteiger partial charge on any atom is -0.324 e. The van der Waals surface area contributed by atoms with Crippen LogP contribution in [0.25, 0.3) is 0 Å². The highest BCUT2D eigenvalue weighted by Gasteiger charge is 2.52. The molecule has 2 aromatic rings. The molecule has 0 radical (unpaired) electrons. The summed E-state index contributed by atoms with van der Waals surface area (Å²) >= 11 is 12.6. The van der Waals surface area contributed by atoms with Crippen LogP contribution in [-0.4, -0.2) is 60.0 Å². The normalized spacial score (nSPS) is 20.4. The van der Waals surface area contributed by atoms with E-state index in [1.165, 1.54) is 6.92 Å².